The van der Waals surface area contributed by atoms with Crippen LogP contribution in [0.4, 0.5) is 4.79 Å². The van der Waals surface area contributed by atoms with Crippen molar-refractivity contribution in [1.29, 1.82) is 0 Å². The Bertz CT molecular complexity index is 845. The molecule has 0 aliphatic carbocycles. The Labute approximate surface area is 191 Å². The number of hydrogen-bond donors (Lipinski definition) is 0. The second-order valence-electron chi connectivity index (χ2n) is 11.5. The van der Waals surface area contributed by atoms with E-state index < -0.39 is 31.6 Å². The zero-order valence-electron chi connectivity index (χ0n) is 20.9. The standard InChI is InChI=1S/C22H38N4O5Si/c1-15(31-32(8,9)21(5,6)7)16(17-24-23-14-29-17)25-13-22(18(25)27)11-10-12-26(22)19(28)30-20(2,3)4/h14-16H,10-13H2,1-9H3/t15-,16?,22?/m1/s1. The molecule has 180 valence electrons. The maximum absolute atomic E-state index is 13.6. The molecule has 1 aromatic rings. The molecule has 1 aromatic heterocycles. The summed E-state index contributed by atoms with van der Waals surface area (Å²) >= 11 is 0. The van der Waals surface area contributed by atoms with Gasteiger partial charge in [0.15, 0.2) is 8.32 Å². The van der Waals surface area contributed by atoms with Gasteiger partial charge in [0.2, 0.25) is 12.3 Å². The number of likely N-dealkylation sites (tertiary alicyclic amines) is 2. The molecular formula is C22H38N4O5Si. The van der Waals surface area contributed by atoms with E-state index in [0.29, 0.717) is 25.4 Å². The molecule has 2 amide bonds. The van der Waals surface area contributed by atoms with Crippen LogP contribution in [0.25, 0.3) is 0 Å². The van der Waals surface area contributed by atoms with E-state index in [4.69, 9.17) is 13.6 Å². The predicted molar refractivity (Wildman–Crippen MR) is 121 cm³/mol. The number of amides is 2. The van der Waals surface area contributed by atoms with E-state index in [2.05, 4.69) is 44.1 Å². The van der Waals surface area contributed by atoms with Gasteiger partial charge in [-0.25, -0.2) is 4.79 Å². The molecule has 0 N–H and O–H groups in total. The van der Waals surface area contributed by atoms with Gasteiger partial charge in [-0.05, 0) is 58.7 Å². The third-order valence-corrected chi connectivity index (χ3v) is 11.5. The maximum Gasteiger partial charge on any atom is 0.411 e. The predicted octanol–water partition coefficient (Wildman–Crippen LogP) is 4.13. The lowest BCUT2D eigenvalue weighted by molar-refractivity contribution is -0.169. The van der Waals surface area contributed by atoms with E-state index in [1.54, 1.807) is 9.80 Å². The largest absolute Gasteiger partial charge is 0.444 e. The number of rotatable bonds is 5. The molecule has 32 heavy (non-hydrogen) atoms. The molecular weight excluding hydrogens is 428 g/mol. The first kappa shape index (κ1) is 24.7. The number of β-lactam (4-membered cyclic amide) rings is 1. The van der Waals surface area contributed by atoms with Gasteiger partial charge < -0.3 is 18.5 Å². The maximum atomic E-state index is 13.6. The van der Waals surface area contributed by atoms with Crippen LogP contribution in [0.5, 0.6) is 0 Å². The van der Waals surface area contributed by atoms with Gasteiger partial charge in [-0.1, -0.05) is 20.8 Å². The van der Waals surface area contributed by atoms with Crippen LogP contribution in [-0.4, -0.2) is 70.6 Å². The fraction of sp³-hybridized carbons (Fsp3) is 0.818. The average Bonchev–Trinajstić information content (AvgIpc) is 3.29. The number of aromatic nitrogens is 2. The van der Waals surface area contributed by atoms with Crippen molar-refractivity contribution in [2.24, 2.45) is 0 Å². The van der Waals surface area contributed by atoms with Crippen LogP contribution >= 0.6 is 0 Å². The van der Waals surface area contributed by atoms with Crippen molar-refractivity contribution in [3.05, 3.63) is 12.3 Å². The van der Waals surface area contributed by atoms with E-state index in [1.165, 1.54) is 6.39 Å². The fourth-order valence-corrected chi connectivity index (χ4v) is 5.69. The number of hydrogen-bond acceptors (Lipinski definition) is 7. The summed E-state index contributed by atoms with van der Waals surface area (Å²) in [6.45, 7) is 19.2. The molecule has 0 saturated carbocycles. The minimum absolute atomic E-state index is 0.0137. The molecule has 3 rings (SSSR count). The average molecular weight is 467 g/mol. The van der Waals surface area contributed by atoms with Gasteiger partial charge >= 0.3 is 6.09 Å². The van der Waals surface area contributed by atoms with Gasteiger partial charge in [-0.2, -0.15) is 0 Å². The van der Waals surface area contributed by atoms with E-state index in [9.17, 15) is 9.59 Å². The topological polar surface area (TPSA) is 98.0 Å². The summed E-state index contributed by atoms with van der Waals surface area (Å²) in [6.07, 6.45) is 1.87. The van der Waals surface area contributed by atoms with Crippen molar-refractivity contribution in [1.82, 2.24) is 20.0 Å². The van der Waals surface area contributed by atoms with Crippen molar-refractivity contribution >= 4 is 20.3 Å². The van der Waals surface area contributed by atoms with Crippen LogP contribution in [0.15, 0.2) is 10.8 Å². The van der Waals surface area contributed by atoms with Crippen molar-refractivity contribution in [3.8, 4) is 0 Å². The van der Waals surface area contributed by atoms with E-state index in [1.807, 2.05) is 27.7 Å². The quantitative estimate of drug-likeness (QED) is 0.475. The van der Waals surface area contributed by atoms with Gasteiger partial charge in [0, 0.05) is 6.54 Å². The van der Waals surface area contributed by atoms with Crippen LogP contribution in [0.3, 0.4) is 0 Å². The SMILES string of the molecule is C[C@@H](O[Si](C)(C)C(C)(C)C)C(c1nnco1)N1CC2(CCCN2C(=O)OC(C)(C)C)C1=O. The fourth-order valence-electron chi connectivity index (χ4n) is 4.27. The molecule has 2 aliphatic heterocycles. The Hall–Kier alpha value is -1.94. The molecule has 2 saturated heterocycles. The third kappa shape index (κ3) is 4.43. The molecule has 2 fully saturated rings. The first-order valence-corrected chi connectivity index (χ1v) is 14.3. The number of carbonyl (C=O) groups is 2. The second-order valence-corrected chi connectivity index (χ2v) is 16.3. The summed E-state index contributed by atoms with van der Waals surface area (Å²) in [5, 5.41) is 7.94. The zero-order valence-corrected chi connectivity index (χ0v) is 21.9. The Morgan fingerprint density at radius 1 is 1.25 bits per heavy atom. The third-order valence-electron chi connectivity index (χ3n) is 6.89. The van der Waals surface area contributed by atoms with Crippen LogP contribution in [0.1, 0.15) is 73.2 Å². The molecule has 9 nitrogen and oxygen atoms in total. The van der Waals surface area contributed by atoms with Gasteiger partial charge in [-0.15, -0.1) is 10.2 Å². The van der Waals surface area contributed by atoms with E-state index in [-0.39, 0.29) is 17.0 Å². The Morgan fingerprint density at radius 3 is 2.41 bits per heavy atom. The van der Waals surface area contributed by atoms with Crippen molar-refractivity contribution in [3.63, 3.8) is 0 Å². The lowest BCUT2D eigenvalue weighted by Crippen LogP contribution is -2.74. The second kappa shape index (κ2) is 8.13. The lowest BCUT2D eigenvalue weighted by Gasteiger charge is -2.54. The Balaban J connectivity index is 1.83. The van der Waals surface area contributed by atoms with Gasteiger partial charge in [0.05, 0.1) is 12.6 Å². The first-order chi connectivity index (χ1) is 14.6. The highest BCUT2D eigenvalue weighted by atomic mass is 28.4. The van der Waals surface area contributed by atoms with Gasteiger partial charge in [-0.3, -0.25) is 9.69 Å². The van der Waals surface area contributed by atoms with Gasteiger partial charge in [0.1, 0.15) is 17.2 Å². The summed E-state index contributed by atoms with van der Waals surface area (Å²) in [7, 11) is -2.11. The molecule has 3 atom stereocenters. The minimum Gasteiger partial charge on any atom is -0.444 e. The summed E-state index contributed by atoms with van der Waals surface area (Å²) in [4.78, 5) is 29.8. The highest BCUT2D eigenvalue weighted by Crippen LogP contribution is 2.46. The number of ether oxygens (including phenoxy) is 1. The number of carbonyl (C=O) groups excluding carboxylic acids is 2. The van der Waals surface area contributed by atoms with Crippen molar-refractivity contribution in [2.75, 3.05) is 13.1 Å². The number of nitrogens with zero attached hydrogens (tertiary/aromatic N) is 4. The highest BCUT2D eigenvalue weighted by Gasteiger charge is 2.63. The minimum atomic E-state index is -2.11. The molecule has 3 heterocycles. The Kier molecular flexibility index (Phi) is 6.27. The van der Waals surface area contributed by atoms with Crippen molar-refractivity contribution < 1.29 is 23.2 Å². The Morgan fingerprint density at radius 2 is 1.91 bits per heavy atom. The monoisotopic (exact) mass is 466 g/mol. The van der Waals surface area contributed by atoms with Crippen molar-refractivity contribution in [2.45, 2.75) is 103 Å². The summed E-state index contributed by atoms with van der Waals surface area (Å²) in [5.74, 6) is 0.232. The smallest absolute Gasteiger partial charge is 0.411 e. The molecule has 1 spiro atoms. The van der Waals surface area contributed by atoms with Crippen LogP contribution in [0.2, 0.25) is 18.1 Å². The van der Waals surface area contributed by atoms with Crippen LogP contribution < -0.4 is 0 Å². The molecule has 10 heteroatoms. The van der Waals surface area contributed by atoms with Crippen LogP contribution in [0, 0.1) is 0 Å². The summed E-state index contributed by atoms with van der Waals surface area (Å²) < 4.78 is 17.7. The van der Waals surface area contributed by atoms with Gasteiger partial charge in [0.25, 0.3) is 5.91 Å². The van der Waals surface area contributed by atoms with E-state index in [0.717, 1.165) is 6.42 Å². The molecule has 0 radical (unpaired) electrons. The van der Waals surface area contributed by atoms with E-state index >= 15 is 0 Å². The van der Waals surface area contributed by atoms with Crippen LogP contribution in [-0.2, 0) is 14.0 Å². The normalized spacial score (nSPS) is 24.0. The molecule has 0 aromatic carbocycles. The summed E-state index contributed by atoms with van der Waals surface area (Å²) in [5.41, 5.74) is -1.48. The zero-order chi connectivity index (χ0) is 24.1. The first-order valence-electron chi connectivity index (χ1n) is 11.3. The summed E-state index contributed by atoms with van der Waals surface area (Å²) in [6, 6.07) is -0.508. The molecule has 0 bridgehead atoms. The molecule has 2 aliphatic rings. The lowest BCUT2D eigenvalue weighted by atomic mass is 9.83. The highest BCUT2D eigenvalue weighted by molar-refractivity contribution is 6.74. The molecule has 2 unspecified atom stereocenters.